The maximum atomic E-state index is 5.64. The van der Waals surface area contributed by atoms with Crippen LogP contribution in [0, 0.1) is 28.6 Å². The van der Waals surface area contributed by atoms with Crippen LogP contribution in [-0.2, 0) is 4.74 Å². The van der Waals surface area contributed by atoms with E-state index in [2.05, 4.69) is 50.0 Å². The molecule has 0 aromatic carbocycles. The Kier molecular flexibility index (Phi) is 3.27. The zero-order valence-corrected chi connectivity index (χ0v) is 13.9. The van der Waals surface area contributed by atoms with Crippen LogP contribution >= 0.6 is 0 Å². The maximum absolute atomic E-state index is 5.64. The van der Waals surface area contributed by atoms with Gasteiger partial charge in [0.05, 0.1) is 6.10 Å². The van der Waals surface area contributed by atoms with Gasteiger partial charge in [-0.3, -0.25) is 0 Å². The first kappa shape index (κ1) is 14.5. The van der Waals surface area contributed by atoms with Crippen molar-refractivity contribution in [3.63, 3.8) is 0 Å². The molecule has 2 unspecified atom stereocenters. The second-order valence-electron chi connectivity index (χ2n) is 8.00. The highest BCUT2D eigenvalue weighted by atomic mass is 16.5. The van der Waals surface area contributed by atoms with Gasteiger partial charge in [0.25, 0.3) is 0 Å². The molecule has 2 saturated carbocycles. The number of methoxy groups -OCH3 is 1. The average Bonchev–Trinajstić information content (AvgIpc) is 2.96. The first-order valence-electron chi connectivity index (χ1n) is 8.89. The van der Waals surface area contributed by atoms with Crippen molar-refractivity contribution in [2.75, 3.05) is 7.11 Å². The Labute approximate surface area is 134 Å². The molecule has 6 atom stereocenters. The van der Waals surface area contributed by atoms with Crippen LogP contribution in [0.2, 0.25) is 0 Å². The molecule has 0 bridgehead atoms. The quantitative estimate of drug-likeness (QED) is 0.646. The lowest BCUT2D eigenvalue weighted by atomic mass is 9.48. The van der Waals surface area contributed by atoms with E-state index in [1.54, 1.807) is 5.57 Å². The molecule has 22 heavy (non-hydrogen) atoms. The molecule has 118 valence electrons. The summed E-state index contributed by atoms with van der Waals surface area (Å²) in [4.78, 5) is 0. The molecule has 2 fully saturated rings. The molecule has 4 rings (SSSR count). The molecule has 0 spiro atoms. The third-order valence-corrected chi connectivity index (χ3v) is 7.11. The fourth-order valence-corrected chi connectivity index (χ4v) is 5.91. The highest BCUT2D eigenvalue weighted by Gasteiger charge is 2.54. The lowest BCUT2D eigenvalue weighted by Crippen LogP contribution is -2.48. The Morgan fingerprint density at radius 3 is 2.91 bits per heavy atom. The summed E-state index contributed by atoms with van der Waals surface area (Å²) in [6.07, 6.45) is 21.1. The fourth-order valence-electron chi connectivity index (χ4n) is 5.91. The van der Waals surface area contributed by atoms with E-state index in [1.165, 1.54) is 32.1 Å². The van der Waals surface area contributed by atoms with Crippen LogP contribution in [0.5, 0.6) is 0 Å². The molecule has 4 aliphatic rings. The van der Waals surface area contributed by atoms with Gasteiger partial charge in [-0.05, 0) is 55.4 Å². The lowest BCUT2D eigenvalue weighted by molar-refractivity contribution is -0.000868. The average molecular weight is 296 g/mol. The van der Waals surface area contributed by atoms with Crippen LogP contribution in [0.4, 0.5) is 0 Å². The van der Waals surface area contributed by atoms with Gasteiger partial charge in [-0.25, -0.2) is 0 Å². The minimum absolute atomic E-state index is 0.0948. The maximum Gasteiger partial charge on any atom is 0.0577 e. The van der Waals surface area contributed by atoms with Crippen LogP contribution in [0.3, 0.4) is 0 Å². The highest BCUT2D eigenvalue weighted by molar-refractivity contribution is 5.47. The molecule has 0 saturated heterocycles. The molecule has 1 heteroatoms. The zero-order chi connectivity index (χ0) is 15.4. The van der Waals surface area contributed by atoms with E-state index in [9.17, 15) is 0 Å². The number of hydrogen-bond acceptors (Lipinski definition) is 1. The van der Waals surface area contributed by atoms with E-state index in [1.807, 2.05) is 7.11 Å². The Morgan fingerprint density at radius 1 is 1.27 bits per heavy atom. The molecule has 0 N–H and O–H groups in total. The van der Waals surface area contributed by atoms with Crippen molar-refractivity contribution in [1.29, 1.82) is 0 Å². The monoisotopic (exact) mass is 296 g/mol. The number of allylic oxidation sites excluding steroid dienone is 7. The minimum atomic E-state index is 0.0948. The van der Waals surface area contributed by atoms with E-state index in [-0.39, 0.29) is 10.8 Å². The largest absolute Gasteiger partial charge is 0.381 e. The summed E-state index contributed by atoms with van der Waals surface area (Å²) in [7, 11) is 1.87. The van der Waals surface area contributed by atoms with Gasteiger partial charge in [-0.15, -0.1) is 6.58 Å². The van der Waals surface area contributed by atoms with Gasteiger partial charge < -0.3 is 4.74 Å². The number of ether oxygens (including phenoxy) is 1. The second kappa shape index (κ2) is 4.96. The number of hydrogen-bond donors (Lipinski definition) is 0. The SMILES string of the molecule is C=C[C@@]12C=CC3CC(OC)CC[C@@H]3[C@H]1CC[C@]1(C)C=CC=C21. The molecule has 0 amide bonds. The lowest BCUT2D eigenvalue weighted by Gasteiger charge is -2.56. The van der Waals surface area contributed by atoms with Crippen LogP contribution < -0.4 is 0 Å². The highest BCUT2D eigenvalue weighted by Crippen LogP contribution is 2.63. The molecular weight excluding hydrogens is 268 g/mol. The Balaban J connectivity index is 1.74. The molecule has 4 aliphatic carbocycles. The van der Waals surface area contributed by atoms with Gasteiger partial charge in [0.15, 0.2) is 0 Å². The normalized spacial score (nSPS) is 49.1. The van der Waals surface area contributed by atoms with Gasteiger partial charge in [-0.2, -0.15) is 0 Å². The summed E-state index contributed by atoms with van der Waals surface area (Å²) in [5, 5.41) is 0. The van der Waals surface area contributed by atoms with Crippen LogP contribution in [0.1, 0.15) is 39.0 Å². The van der Waals surface area contributed by atoms with E-state index in [0.29, 0.717) is 12.0 Å². The van der Waals surface area contributed by atoms with Crippen molar-refractivity contribution in [2.45, 2.75) is 45.1 Å². The van der Waals surface area contributed by atoms with Crippen LogP contribution in [-0.4, -0.2) is 13.2 Å². The van der Waals surface area contributed by atoms with Crippen molar-refractivity contribution < 1.29 is 4.74 Å². The first-order chi connectivity index (χ1) is 10.6. The second-order valence-corrected chi connectivity index (χ2v) is 8.00. The topological polar surface area (TPSA) is 9.23 Å². The molecule has 0 radical (unpaired) electrons. The van der Waals surface area contributed by atoms with E-state index in [4.69, 9.17) is 4.74 Å². The summed E-state index contributed by atoms with van der Waals surface area (Å²) in [6.45, 7) is 6.68. The van der Waals surface area contributed by atoms with E-state index >= 15 is 0 Å². The van der Waals surface area contributed by atoms with Gasteiger partial charge in [0.2, 0.25) is 0 Å². The molecular formula is C21H28O. The van der Waals surface area contributed by atoms with Crippen molar-refractivity contribution in [3.05, 3.63) is 48.6 Å². The van der Waals surface area contributed by atoms with E-state index in [0.717, 1.165) is 11.8 Å². The Morgan fingerprint density at radius 2 is 2.14 bits per heavy atom. The first-order valence-corrected chi connectivity index (χ1v) is 8.89. The predicted molar refractivity (Wildman–Crippen MR) is 91.5 cm³/mol. The Bertz CT molecular complexity index is 568. The molecule has 0 aromatic heterocycles. The van der Waals surface area contributed by atoms with E-state index < -0.39 is 0 Å². The van der Waals surface area contributed by atoms with Gasteiger partial charge in [0.1, 0.15) is 0 Å². The smallest absolute Gasteiger partial charge is 0.0577 e. The third kappa shape index (κ3) is 1.81. The van der Waals surface area contributed by atoms with Crippen molar-refractivity contribution in [3.8, 4) is 0 Å². The van der Waals surface area contributed by atoms with Gasteiger partial charge in [-0.1, -0.05) is 43.4 Å². The summed E-state index contributed by atoms with van der Waals surface area (Å²) >= 11 is 0. The Hall–Kier alpha value is -1.08. The van der Waals surface area contributed by atoms with Crippen LogP contribution in [0.15, 0.2) is 48.6 Å². The summed E-state index contributed by atoms with van der Waals surface area (Å²) in [6, 6.07) is 0. The fraction of sp³-hybridized carbons (Fsp3) is 0.619. The molecule has 0 aromatic rings. The van der Waals surface area contributed by atoms with Crippen molar-refractivity contribution in [2.24, 2.45) is 28.6 Å². The van der Waals surface area contributed by atoms with Gasteiger partial charge >= 0.3 is 0 Å². The minimum Gasteiger partial charge on any atom is -0.381 e. The van der Waals surface area contributed by atoms with Crippen molar-refractivity contribution in [1.82, 2.24) is 0 Å². The zero-order valence-electron chi connectivity index (χ0n) is 13.9. The third-order valence-electron chi connectivity index (χ3n) is 7.11. The van der Waals surface area contributed by atoms with Gasteiger partial charge in [0, 0.05) is 17.9 Å². The predicted octanol–water partition coefficient (Wildman–Crippen LogP) is 5.07. The summed E-state index contributed by atoms with van der Waals surface area (Å²) < 4.78 is 5.64. The number of rotatable bonds is 2. The van der Waals surface area contributed by atoms with Crippen LogP contribution in [0.25, 0.3) is 0 Å². The van der Waals surface area contributed by atoms with Crippen molar-refractivity contribution >= 4 is 0 Å². The summed E-state index contributed by atoms with van der Waals surface area (Å²) in [5.41, 5.74) is 1.94. The standard InChI is InChI=1S/C21H28O/c1-4-21-13-9-15-14-16(22-3)7-8-17(15)18(21)10-12-20(2)11-5-6-19(20)21/h4-6,9,11,13,15-18H,1,7-8,10,12,14H2,2-3H3/t15?,16?,17-,18+,20-,21+/m0/s1. The number of fused-ring (bicyclic) bond motifs is 5. The molecule has 0 heterocycles. The molecule has 0 aliphatic heterocycles. The molecule has 1 nitrogen and oxygen atoms in total. The summed E-state index contributed by atoms with van der Waals surface area (Å²) in [5.74, 6) is 2.24.